The minimum atomic E-state index is -0.582. The molecule has 0 spiro atoms. The van der Waals surface area contributed by atoms with Gasteiger partial charge in [-0.2, -0.15) is 4.98 Å². The average Bonchev–Trinajstić information content (AvgIpc) is 3.47. The SMILES string of the molecule is Cc1nc(C(c2ccnc(C(N)=O)c2OCC2CC2)C2CC2)no1. The van der Waals surface area contributed by atoms with Gasteiger partial charge in [0.15, 0.2) is 17.3 Å². The van der Waals surface area contributed by atoms with E-state index in [0.717, 1.165) is 31.2 Å². The van der Waals surface area contributed by atoms with Gasteiger partial charge in [-0.1, -0.05) is 5.16 Å². The lowest BCUT2D eigenvalue weighted by molar-refractivity contribution is 0.0990. The number of primary amides is 1. The predicted molar refractivity (Wildman–Crippen MR) is 84.6 cm³/mol. The Hall–Kier alpha value is -2.44. The van der Waals surface area contributed by atoms with Crippen molar-refractivity contribution in [3.63, 3.8) is 0 Å². The minimum absolute atomic E-state index is 0.0576. The molecule has 2 heterocycles. The fraction of sp³-hybridized carbons (Fsp3) is 0.529. The molecular formula is C17H20N4O3. The highest BCUT2D eigenvalue weighted by molar-refractivity contribution is 5.94. The van der Waals surface area contributed by atoms with Crippen LogP contribution in [0.25, 0.3) is 0 Å². The highest BCUT2D eigenvalue weighted by Gasteiger charge is 2.39. The molecule has 7 heteroatoms. The molecule has 24 heavy (non-hydrogen) atoms. The van der Waals surface area contributed by atoms with Crippen molar-refractivity contribution in [3.05, 3.63) is 35.2 Å². The molecule has 1 unspecified atom stereocenters. The van der Waals surface area contributed by atoms with Crippen LogP contribution in [-0.2, 0) is 0 Å². The minimum Gasteiger partial charge on any atom is -0.491 e. The van der Waals surface area contributed by atoms with Crippen LogP contribution in [-0.4, -0.2) is 27.6 Å². The summed E-state index contributed by atoms with van der Waals surface area (Å²) in [5, 5.41) is 4.10. The topological polar surface area (TPSA) is 104 Å². The Morgan fingerprint density at radius 2 is 2.21 bits per heavy atom. The van der Waals surface area contributed by atoms with Crippen LogP contribution in [0.3, 0.4) is 0 Å². The first-order valence-electron chi connectivity index (χ1n) is 8.35. The number of aryl methyl sites for hydroxylation is 1. The molecule has 0 aromatic carbocycles. The third kappa shape index (κ3) is 2.98. The van der Waals surface area contributed by atoms with Gasteiger partial charge in [0.25, 0.3) is 5.91 Å². The summed E-state index contributed by atoms with van der Waals surface area (Å²) in [5.74, 6) is 1.99. The van der Waals surface area contributed by atoms with Gasteiger partial charge in [0.2, 0.25) is 5.89 Å². The van der Waals surface area contributed by atoms with Crippen LogP contribution in [0.15, 0.2) is 16.8 Å². The lowest BCUT2D eigenvalue weighted by atomic mass is 9.92. The zero-order valence-electron chi connectivity index (χ0n) is 13.6. The van der Waals surface area contributed by atoms with E-state index in [-0.39, 0.29) is 11.6 Å². The molecular weight excluding hydrogens is 308 g/mol. The number of nitrogens with zero attached hydrogens (tertiary/aromatic N) is 3. The van der Waals surface area contributed by atoms with Gasteiger partial charge in [-0.3, -0.25) is 4.79 Å². The zero-order chi connectivity index (χ0) is 16.7. The van der Waals surface area contributed by atoms with E-state index in [1.54, 1.807) is 13.1 Å². The molecule has 0 radical (unpaired) electrons. The van der Waals surface area contributed by atoms with Gasteiger partial charge in [0, 0.05) is 18.7 Å². The molecule has 2 aromatic heterocycles. The summed E-state index contributed by atoms with van der Waals surface area (Å²) in [5.41, 5.74) is 6.57. The van der Waals surface area contributed by atoms with Crippen molar-refractivity contribution in [2.75, 3.05) is 6.61 Å². The van der Waals surface area contributed by atoms with Crippen molar-refractivity contribution < 1.29 is 14.1 Å². The number of nitrogens with two attached hydrogens (primary N) is 1. The van der Waals surface area contributed by atoms with Crippen molar-refractivity contribution >= 4 is 5.91 Å². The Labute approximate surface area is 139 Å². The van der Waals surface area contributed by atoms with E-state index in [4.69, 9.17) is 15.0 Å². The number of hydrogen-bond donors (Lipinski definition) is 1. The molecule has 1 atom stereocenters. The number of pyridine rings is 1. The van der Waals surface area contributed by atoms with Crippen LogP contribution >= 0.6 is 0 Å². The van der Waals surface area contributed by atoms with Crippen molar-refractivity contribution in [3.8, 4) is 5.75 Å². The molecule has 2 aliphatic carbocycles. The molecule has 2 N–H and O–H groups in total. The maximum atomic E-state index is 11.8. The summed E-state index contributed by atoms with van der Waals surface area (Å²) >= 11 is 0. The molecule has 7 nitrogen and oxygen atoms in total. The predicted octanol–water partition coefficient (Wildman–Crippen LogP) is 2.20. The molecule has 4 rings (SSSR count). The lowest BCUT2D eigenvalue weighted by Gasteiger charge is -2.19. The van der Waals surface area contributed by atoms with Crippen LogP contribution in [0.4, 0.5) is 0 Å². The first-order valence-corrected chi connectivity index (χ1v) is 8.35. The Morgan fingerprint density at radius 1 is 1.42 bits per heavy atom. The van der Waals surface area contributed by atoms with E-state index in [9.17, 15) is 4.79 Å². The quantitative estimate of drug-likeness (QED) is 0.835. The second-order valence-corrected chi connectivity index (χ2v) is 6.68. The Bertz CT molecular complexity index is 765. The van der Waals surface area contributed by atoms with E-state index in [1.165, 1.54) is 0 Å². The molecule has 2 saturated carbocycles. The van der Waals surface area contributed by atoms with Crippen LogP contribution in [0.5, 0.6) is 5.75 Å². The van der Waals surface area contributed by atoms with Gasteiger partial charge in [0.1, 0.15) is 0 Å². The van der Waals surface area contributed by atoms with E-state index in [0.29, 0.717) is 35.9 Å². The summed E-state index contributed by atoms with van der Waals surface area (Å²) in [6, 6.07) is 1.88. The van der Waals surface area contributed by atoms with Gasteiger partial charge in [-0.15, -0.1) is 0 Å². The molecule has 2 aliphatic rings. The summed E-state index contributed by atoms with van der Waals surface area (Å²) in [4.78, 5) is 20.3. The zero-order valence-corrected chi connectivity index (χ0v) is 13.6. The molecule has 2 fully saturated rings. The number of carbonyl (C=O) groups excluding carboxylic acids is 1. The summed E-state index contributed by atoms with van der Waals surface area (Å²) in [7, 11) is 0. The fourth-order valence-electron chi connectivity index (χ4n) is 3.00. The van der Waals surface area contributed by atoms with Crippen LogP contribution < -0.4 is 10.5 Å². The summed E-state index contributed by atoms with van der Waals surface area (Å²) < 4.78 is 11.2. The first-order chi connectivity index (χ1) is 11.6. The highest BCUT2D eigenvalue weighted by Crippen LogP contribution is 2.48. The van der Waals surface area contributed by atoms with E-state index in [2.05, 4.69) is 15.1 Å². The Kier molecular flexibility index (Phi) is 3.70. The van der Waals surface area contributed by atoms with Crippen LogP contribution in [0.2, 0.25) is 0 Å². The first kappa shape index (κ1) is 15.1. The van der Waals surface area contributed by atoms with E-state index >= 15 is 0 Å². The van der Waals surface area contributed by atoms with Crippen molar-refractivity contribution in [1.82, 2.24) is 15.1 Å². The van der Waals surface area contributed by atoms with Gasteiger partial charge in [-0.25, -0.2) is 4.98 Å². The number of hydrogen-bond acceptors (Lipinski definition) is 6. The maximum Gasteiger partial charge on any atom is 0.271 e. The monoisotopic (exact) mass is 328 g/mol. The normalized spacial score (nSPS) is 18.4. The smallest absolute Gasteiger partial charge is 0.271 e. The van der Waals surface area contributed by atoms with Crippen LogP contribution in [0.1, 0.15) is 59.4 Å². The maximum absolute atomic E-state index is 11.8. The third-order valence-corrected chi connectivity index (χ3v) is 4.58. The fourth-order valence-corrected chi connectivity index (χ4v) is 3.00. The Balaban J connectivity index is 1.76. The highest BCUT2D eigenvalue weighted by atomic mass is 16.5. The number of amides is 1. The second-order valence-electron chi connectivity index (χ2n) is 6.68. The van der Waals surface area contributed by atoms with Crippen molar-refractivity contribution in [1.29, 1.82) is 0 Å². The lowest BCUT2D eigenvalue weighted by Crippen LogP contribution is -2.19. The number of carbonyl (C=O) groups is 1. The van der Waals surface area contributed by atoms with Gasteiger partial charge in [-0.05, 0) is 43.6 Å². The van der Waals surface area contributed by atoms with Gasteiger partial charge < -0.3 is 15.0 Å². The molecule has 0 bridgehead atoms. The Morgan fingerprint density at radius 3 is 2.79 bits per heavy atom. The van der Waals surface area contributed by atoms with Gasteiger partial charge in [0.05, 0.1) is 12.5 Å². The average molecular weight is 328 g/mol. The molecule has 1 amide bonds. The van der Waals surface area contributed by atoms with Crippen molar-refractivity contribution in [2.45, 2.75) is 38.5 Å². The molecule has 126 valence electrons. The van der Waals surface area contributed by atoms with Gasteiger partial charge >= 0.3 is 0 Å². The second kappa shape index (κ2) is 5.89. The van der Waals surface area contributed by atoms with Crippen LogP contribution in [0, 0.1) is 18.8 Å². The van der Waals surface area contributed by atoms with Crippen molar-refractivity contribution in [2.24, 2.45) is 17.6 Å². The summed E-state index contributed by atoms with van der Waals surface area (Å²) in [6.07, 6.45) is 6.11. The number of rotatable bonds is 7. The number of ether oxygens (including phenoxy) is 1. The largest absolute Gasteiger partial charge is 0.491 e. The number of aromatic nitrogens is 3. The third-order valence-electron chi connectivity index (χ3n) is 4.58. The standard InChI is InChI=1S/C17H20N4O3/c1-9-20-17(21-24-9)13(11-4-5-11)12-6-7-19-14(16(18)22)15(12)23-8-10-2-3-10/h6-7,10-11,13H,2-5,8H2,1H3,(H2,18,22). The summed E-state index contributed by atoms with van der Waals surface area (Å²) in [6.45, 7) is 2.36. The molecule has 2 aromatic rings. The molecule has 0 aliphatic heterocycles. The molecule has 0 saturated heterocycles. The van der Waals surface area contributed by atoms with E-state index < -0.39 is 5.91 Å². The van der Waals surface area contributed by atoms with E-state index in [1.807, 2.05) is 6.07 Å².